The minimum Gasteiger partial charge on any atom is -0.479 e. The molecule has 0 spiro atoms. The Hall–Kier alpha value is -1.92. The lowest BCUT2D eigenvalue weighted by Crippen LogP contribution is -2.39. The second-order valence-electron chi connectivity index (χ2n) is 3.70. The van der Waals surface area contributed by atoms with Gasteiger partial charge in [-0.25, -0.2) is 4.79 Å². The number of nitrogens with zero attached hydrogens (tertiary/aromatic N) is 3. The largest absolute Gasteiger partial charge is 0.479 e. The quantitative estimate of drug-likeness (QED) is 0.605. The Morgan fingerprint density at radius 3 is 2.75 bits per heavy atom. The topological polar surface area (TPSA) is 98.3 Å². The summed E-state index contributed by atoms with van der Waals surface area (Å²) in [6.45, 7) is 3.34. The van der Waals surface area contributed by atoms with E-state index in [2.05, 4.69) is 5.10 Å². The van der Waals surface area contributed by atoms with Gasteiger partial charge in [-0.3, -0.25) is 0 Å². The number of carboxylic acid groups (broad SMARTS) is 1. The van der Waals surface area contributed by atoms with Crippen LogP contribution in [-0.2, 0) is 10.3 Å². The van der Waals surface area contributed by atoms with Gasteiger partial charge < -0.3 is 15.2 Å². The first-order chi connectivity index (χ1) is 7.41. The molecule has 1 N–H and O–H groups in total. The van der Waals surface area contributed by atoms with E-state index in [9.17, 15) is 14.9 Å². The van der Waals surface area contributed by atoms with Crippen LogP contribution in [-0.4, -0.2) is 25.8 Å². The molecule has 16 heavy (non-hydrogen) atoms. The summed E-state index contributed by atoms with van der Waals surface area (Å²) in [7, 11) is 0. The number of aliphatic carboxylic acids is 1. The first-order valence-electron chi connectivity index (χ1n) is 4.85. The highest BCUT2D eigenvalue weighted by Crippen LogP contribution is 2.23. The van der Waals surface area contributed by atoms with Gasteiger partial charge in [-0.05, 0) is 18.3 Å². The van der Waals surface area contributed by atoms with Gasteiger partial charge in [0.15, 0.2) is 5.54 Å². The third-order valence-electron chi connectivity index (χ3n) is 2.47. The number of carboxylic acids is 1. The molecule has 7 nitrogen and oxygen atoms in total. The first kappa shape index (κ1) is 12.2. The van der Waals surface area contributed by atoms with Gasteiger partial charge in [-0.2, -0.15) is 4.68 Å². The summed E-state index contributed by atoms with van der Waals surface area (Å²) in [5.74, 6) is -1.39. The molecule has 88 valence electrons. The number of rotatable bonds is 5. The van der Waals surface area contributed by atoms with Crippen LogP contribution >= 0.6 is 0 Å². The molecule has 0 radical (unpaired) electrons. The number of aromatic nitrogens is 2. The molecule has 0 aliphatic carbocycles. The molecule has 1 unspecified atom stereocenters. The predicted octanol–water partition coefficient (Wildman–Crippen LogP) is 1.39. The van der Waals surface area contributed by atoms with Gasteiger partial charge >= 0.3 is 11.8 Å². The van der Waals surface area contributed by atoms with E-state index in [1.165, 1.54) is 19.2 Å². The van der Waals surface area contributed by atoms with E-state index in [4.69, 9.17) is 5.11 Å². The second-order valence-corrected chi connectivity index (χ2v) is 3.70. The average molecular weight is 227 g/mol. The monoisotopic (exact) mass is 227 g/mol. The lowest BCUT2D eigenvalue weighted by Gasteiger charge is -2.21. The average Bonchev–Trinajstić information content (AvgIpc) is 2.66. The van der Waals surface area contributed by atoms with Crippen LogP contribution in [0, 0.1) is 10.1 Å². The molecule has 0 saturated carbocycles. The van der Waals surface area contributed by atoms with E-state index in [0.717, 1.165) is 4.68 Å². The van der Waals surface area contributed by atoms with Crippen LogP contribution < -0.4 is 0 Å². The van der Waals surface area contributed by atoms with Gasteiger partial charge in [0.05, 0.1) is 17.4 Å². The lowest BCUT2D eigenvalue weighted by molar-refractivity contribution is -0.389. The number of hydrogen-bond donors (Lipinski definition) is 1. The van der Waals surface area contributed by atoms with Crippen LogP contribution in [0.1, 0.15) is 26.7 Å². The van der Waals surface area contributed by atoms with E-state index < -0.39 is 16.4 Å². The molecule has 1 atom stereocenters. The minimum atomic E-state index is -1.23. The number of hydrogen-bond acceptors (Lipinski definition) is 4. The van der Waals surface area contributed by atoms with Crippen molar-refractivity contribution in [1.82, 2.24) is 9.78 Å². The fraction of sp³-hybridized carbons (Fsp3) is 0.556. The lowest BCUT2D eigenvalue weighted by atomic mass is 9.97. The normalized spacial score (nSPS) is 14.4. The summed E-state index contributed by atoms with van der Waals surface area (Å²) in [6.07, 6.45) is 2.33. The summed E-state index contributed by atoms with van der Waals surface area (Å²) >= 11 is 0. The molecule has 0 aromatic carbocycles. The highest BCUT2D eigenvalue weighted by Gasteiger charge is 2.38. The van der Waals surface area contributed by atoms with E-state index >= 15 is 0 Å². The molecule has 0 fully saturated rings. The molecule has 0 bridgehead atoms. The smallest absolute Gasteiger partial charge is 0.389 e. The van der Waals surface area contributed by atoms with E-state index in [-0.39, 0.29) is 5.82 Å². The summed E-state index contributed by atoms with van der Waals surface area (Å²) in [6, 6.07) is 1.19. The molecule has 0 amide bonds. The van der Waals surface area contributed by atoms with Gasteiger partial charge in [0.25, 0.3) is 0 Å². The van der Waals surface area contributed by atoms with Crippen LogP contribution in [0.4, 0.5) is 5.82 Å². The maximum Gasteiger partial charge on any atom is 0.389 e. The summed E-state index contributed by atoms with van der Waals surface area (Å²) in [4.78, 5) is 21.0. The Bertz CT molecular complexity index is 415. The summed E-state index contributed by atoms with van der Waals surface area (Å²) in [5.41, 5.74) is -1.23. The Balaban J connectivity index is 3.11. The van der Waals surface area contributed by atoms with Crippen LogP contribution in [0.2, 0.25) is 0 Å². The SMILES string of the molecule is CCCC(C)(C(=O)O)n1ccc([N+](=O)[O-])n1. The van der Waals surface area contributed by atoms with Crippen LogP contribution in [0.3, 0.4) is 0 Å². The van der Waals surface area contributed by atoms with Crippen LogP contribution in [0.5, 0.6) is 0 Å². The minimum absolute atomic E-state index is 0.344. The highest BCUT2D eigenvalue weighted by atomic mass is 16.6. The van der Waals surface area contributed by atoms with Crippen molar-refractivity contribution in [2.75, 3.05) is 0 Å². The first-order valence-corrected chi connectivity index (χ1v) is 4.85. The third-order valence-corrected chi connectivity index (χ3v) is 2.47. The molecule has 0 saturated heterocycles. The maximum absolute atomic E-state index is 11.2. The maximum atomic E-state index is 11.2. The Labute approximate surface area is 91.8 Å². The Morgan fingerprint density at radius 1 is 1.75 bits per heavy atom. The van der Waals surface area contributed by atoms with Gasteiger partial charge in [0.2, 0.25) is 0 Å². The number of nitro groups is 1. The second kappa shape index (κ2) is 4.30. The zero-order valence-corrected chi connectivity index (χ0v) is 9.08. The molecular weight excluding hydrogens is 214 g/mol. The standard InChI is InChI=1S/C9H13N3O4/c1-3-5-9(2,8(13)14)11-6-4-7(10-11)12(15)16/h4,6H,3,5H2,1-2H3,(H,13,14). The van der Waals surface area contributed by atoms with Crippen molar-refractivity contribution < 1.29 is 14.8 Å². The fourth-order valence-corrected chi connectivity index (χ4v) is 1.49. The zero-order valence-electron chi connectivity index (χ0n) is 9.08. The van der Waals surface area contributed by atoms with Crippen molar-refractivity contribution in [2.24, 2.45) is 0 Å². The summed E-state index contributed by atoms with van der Waals surface area (Å²) in [5, 5.41) is 23.2. The molecule has 1 aromatic heterocycles. The third kappa shape index (κ3) is 2.02. The van der Waals surface area contributed by atoms with E-state index in [1.54, 1.807) is 0 Å². The molecule has 7 heteroatoms. The fourth-order valence-electron chi connectivity index (χ4n) is 1.49. The molecule has 0 aliphatic rings. The Kier molecular flexibility index (Phi) is 3.26. The van der Waals surface area contributed by atoms with Gasteiger partial charge in [0.1, 0.15) is 0 Å². The molecule has 0 aliphatic heterocycles. The highest BCUT2D eigenvalue weighted by molar-refractivity contribution is 5.76. The van der Waals surface area contributed by atoms with Gasteiger partial charge in [-0.1, -0.05) is 13.3 Å². The predicted molar refractivity (Wildman–Crippen MR) is 55.1 cm³/mol. The van der Waals surface area contributed by atoms with Crippen molar-refractivity contribution in [3.05, 3.63) is 22.4 Å². The van der Waals surface area contributed by atoms with Gasteiger partial charge in [-0.15, -0.1) is 0 Å². The zero-order chi connectivity index (χ0) is 12.3. The van der Waals surface area contributed by atoms with E-state index in [0.29, 0.717) is 12.8 Å². The van der Waals surface area contributed by atoms with Crippen molar-refractivity contribution >= 4 is 11.8 Å². The van der Waals surface area contributed by atoms with Crippen molar-refractivity contribution in [1.29, 1.82) is 0 Å². The van der Waals surface area contributed by atoms with Gasteiger partial charge in [0, 0.05) is 0 Å². The van der Waals surface area contributed by atoms with Crippen LogP contribution in [0.15, 0.2) is 12.3 Å². The number of carbonyl (C=O) groups is 1. The Morgan fingerprint density at radius 2 is 2.38 bits per heavy atom. The van der Waals surface area contributed by atoms with Crippen molar-refractivity contribution in [2.45, 2.75) is 32.2 Å². The molecular formula is C9H13N3O4. The van der Waals surface area contributed by atoms with Crippen LogP contribution in [0.25, 0.3) is 0 Å². The molecule has 1 rings (SSSR count). The van der Waals surface area contributed by atoms with Crippen molar-refractivity contribution in [3.8, 4) is 0 Å². The summed E-state index contributed by atoms with van der Waals surface area (Å²) < 4.78 is 1.14. The van der Waals surface area contributed by atoms with Crippen molar-refractivity contribution in [3.63, 3.8) is 0 Å². The molecule has 1 heterocycles. The molecule has 1 aromatic rings. The van der Waals surface area contributed by atoms with E-state index in [1.807, 2.05) is 6.92 Å².